The van der Waals surface area contributed by atoms with Crippen LogP contribution in [0.25, 0.3) is 22.2 Å². The number of likely N-dealkylation sites (N-methyl/N-ethyl adjacent to an activating group) is 1. The van der Waals surface area contributed by atoms with Gasteiger partial charge in [0.1, 0.15) is 29.7 Å². The minimum atomic E-state index is -1.04. The van der Waals surface area contributed by atoms with Gasteiger partial charge in [-0.3, -0.25) is 24.7 Å². The number of aryl methyl sites for hydroxylation is 1. The molecule has 7 rings (SSSR count). The van der Waals surface area contributed by atoms with Crippen LogP contribution in [0.1, 0.15) is 76.8 Å². The van der Waals surface area contributed by atoms with Crippen molar-refractivity contribution >= 4 is 40.7 Å². The van der Waals surface area contributed by atoms with Crippen molar-refractivity contribution in [3.8, 4) is 17.1 Å². The summed E-state index contributed by atoms with van der Waals surface area (Å²) in [4.78, 5) is 56.0. The number of benzene rings is 3. The van der Waals surface area contributed by atoms with Crippen LogP contribution in [-0.2, 0) is 25.5 Å². The molecule has 4 aromatic rings. The van der Waals surface area contributed by atoms with Crippen LogP contribution in [0.15, 0.2) is 75.5 Å². The van der Waals surface area contributed by atoms with E-state index in [1.165, 1.54) is 7.05 Å². The number of nitrogens with one attached hydrogen (secondary N) is 2. The number of amides is 3. The van der Waals surface area contributed by atoms with Crippen LogP contribution in [0.4, 0.5) is 0 Å². The maximum atomic E-state index is 13.4. The molecule has 1 atom stereocenters. The van der Waals surface area contributed by atoms with Crippen LogP contribution in [0, 0.1) is 5.41 Å². The van der Waals surface area contributed by atoms with Gasteiger partial charge in [0.25, 0.3) is 11.8 Å². The Bertz CT molecular complexity index is 2250. The zero-order chi connectivity index (χ0) is 43.4. The minimum Gasteiger partial charge on any atom is -0.490 e. The van der Waals surface area contributed by atoms with Crippen LogP contribution in [0.5, 0.6) is 5.75 Å². The lowest BCUT2D eigenvalue weighted by atomic mass is 9.99. The van der Waals surface area contributed by atoms with E-state index in [0.29, 0.717) is 66.9 Å². The standard InChI is InChI=1S/C45H55N9O8/c1-48-43(56)39(11-4-24-55)54-44(57)36-10-3-6-30(40(36)45(54)58)8-5-25-59-26-22-52-18-14-33(15-19-52)60-27-23-53-20-16-34(17-21-53)61-35-9-2-7-31(28-35)41-37-29-32(42(46)49-51-47)12-13-38(37)50-62-41/h2-3,6-7,9-10,12-13,24,28-29,33-34,39H,4-5,8,11,14-23,25-27H2,1H3,(H,48,56)(H3,46,47,49). The number of nitrogens with zero attached hydrogens (tertiary/aromatic N) is 6. The summed E-state index contributed by atoms with van der Waals surface area (Å²) >= 11 is 0. The first kappa shape index (κ1) is 44.2. The number of hydrogen-bond acceptors (Lipinski definition) is 13. The van der Waals surface area contributed by atoms with E-state index >= 15 is 0 Å². The summed E-state index contributed by atoms with van der Waals surface area (Å²) in [5, 5.41) is 22.4. The van der Waals surface area contributed by atoms with Gasteiger partial charge in [0.2, 0.25) is 5.91 Å². The van der Waals surface area contributed by atoms with E-state index in [9.17, 15) is 19.2 Å². The smallest absolute Gasteiger partial charge is 0.262 e. The summed E-state index contributed by atoms with van der Waals surface area (Å²) in [6.07, 6.45) is 6.26. The van der Waals surface area contributed by atoms with E-state index in [1.807, 2.05) is 30.3 Å². The van der Waals surface area contributed by atoms with E-state index in [0.717, 1.165) is 92.1 Å². The second kappa shape index (κ2) is 21.3. The van der Waals surface area contributed by atoms with Crippen LogP contribution in [0.2, 0.25) is 0 Å². The molecule has 2 fully saturated rings. The van der Waals surface area contributed by atoms with Crippen molar-refractivity contribution in [2.45, 2.75) is 69.6 Å². The second-order valence-corrected chi connectivity index (χ2v) is 15.8. The molecular weight excluding hydrogens is 795 g/mol. The number of carbonyl (C=O) groups is 4. The first-order chi connectivity index (χ1) is 30.3. The van der Waals surface area contributed by atoms with Crippen molar-refractivity contribution in [1.29, 1.82) is 5.41 Å². The third-order valence-electron chi connectivity index (χ3n) is 11.9. The predicted molar refractivity (Wildman–Crippen MR) is 230 cm³/mol. The van der Waals surface area contributed by atoms with Crippen LogP contribution in [-0.4, -0.2) is 134 Å². The van der Waals surface area contributed by atoms with Gasteiger partial charge in [0, 0.05) is 70.5 Å². The molecule has 1 unspecified atom stereocenters. The Kier molecular flexibility index (Phi) is 15.2. The molecule has 2 saturated heterocycles. The monoisotopic (exact) mass is 849 g/mol. The van der Waals surface area contributed by atoms with E-state index in [2.05, 4.69) is 30.6 Å². The van der Waals surface area contributed by atoms with Gasteiger partial charge in [0.05, 0.1) is 35.8 Å². The van der Waals surface area contributed by atoms with Crippen molar-refractivity contribution in [3.63, 3.8) is 0 Å². The number of fused-ring (bicyclic) bond motifs is 2. The number of amidine groups is 1. The molecule has 0 spiro atoms. The van der Waals surface area contributed by atoms with Crippen LogP contribution >= 0.6 is 0 Å². The van der Waals surface area contributed by atoms with Gasteiger partial charge in [-0.25, -0.2) is 0 Å². The molecule has 17 nitrogen and oxygen atoms in total. The van der Waals surface area contributed by atoms with Gasteiger partial charge in [-0.15, -0.1) is 5.11 Å². The number of rotatable bonds is 20. The van der Waals surface area contributed by atoms with Crippen molar-refractivity contribution in [1.82, 2.24) is 25.2 Å². The third kappa shape index (κ3) is 10.6. The van der Waals surface area contributed by atoms with Gasteiger partial charge in [-0.05, 0) is 86.9 Å². The number of imide groups is 1. The number of ether oxygens (including phenoxy) is 3. The van der Waals surface area contributed by atoms with Gasteiger partial charge in [-0.2, -0.15) is 0 Å². The molecule has 3 aliphatic heterocycles. The fourth-order valence-electron chi connectivity index (χ4n) is 8.51. The molecule has 3 aliphatic rings. The van der Waals surface area contributed by atoms with Gasteiger partial charge in [0.15, 0.2) is 11.6 Å². The summed E-state index contributed by atoms with van der Waals surface area (Å²) in [6.45, 7) is 7.39. The molecule has 0 radical (unpaired) electrons. The molecule has 62 heavy (non-hydrogen) atoms. The number of nitrogens with two attached hydrogens (primary N) is 1. The molecule has 3 aromatic carbocycles. The number of likely N-dealkylation sites (tertiary alicyclic amines) is 2. The topological polar surface area (TPSA) is 218 Å². The zero-order valence-electron chi connectivity index (χ0n) is 35.1. The Hall–Kier alpha value is -5.88. The zero-order valence-corrected chi connectivity index (χ0v) is 35.1. The number of aromatic nitrogens is 1. The van der Waals surface area contributed by atoms with Crippen molar-refractivity contribution in [2.75, 3.05) is 66.1 Å². The summed E-state index contributed by atoms with van der Waals surface area (Å²) in [7, 11) is 1.45. The normalized spacial score (nSPS) is 17.2. The molecule has 1 aromatic heterocycles. The maximum Gasteiger partial charge on any atom is 0.262 e. The molecule has 0 bridgehead atoms. The molecule has 4 heterocycles. The first-order valence-electron chi connectivity index (χ1n) is 21.4. The Balaban J connectivity index is 0.760. The summed E-state index contributed by atoms with van der Waals surface area (Å²) in [5.41, 5.74) is 3.45. The van der Waals surface area contributed by atoms with Gasteiger partial charge in [-0.1, -0.05) is 34.6 Å². The quantitative estimate of drug-likeness (QED) is 0.0160. The number of aldehydes is 1. The molecule has 0 saturated carbocycles. The van der Waals surface area contributed by atoms with Crippen molar-refractivity contribution in [2.24, 2.45) is 16.2 Å². The van der Waals surface area contributed by atoms with E-state index in [-0.39, 0.29) is 30.9 Å². The van der Waals surface area contributed by atoms with E-state index in [1.54, 1.807) is 30.3 Å². The fourth-order valence-corrected chi connectivity index (χ4v) is 8.51. The Morgan fingerprint density at radius 2 is 1.71 bits per heavy atom. The number of carbonyl (C=O) groups excluding carboxylic acids is 4. The third-order valence-corrected chi connectivity index (χ3v) is 11.9. The Morgan fingerprint density at radius 3 is 2.45 bits per heavy atom. The lowest BCUT2D eigenvalue weighted by molar-refractivity contribution is -0.124. The van der Waals surface area contributed by atoms with Gasteiger partial charge < -0.3 is 44.5 Å². The Morgan fingerprint density at radius 1 is 0.968 bits per heavy atom. The lowest BCUT2D eigenvalue weighted by Gasteiger charge is -2.34. The largest absolute Gasteiger partial charge is 0.490 e. The SMILES string of the molecule is CNC(=O)C(CCC=O)N1C(=O)c2cccc(CCCOCCN3CCC(OCCN4CCC(Oc5cccc(-c6onc7ccc(C(=N)N=NN)cc67)c5)CC4)CC3)c2C1=O. The molecule has 328 valence electrons. The molecule has 0 aliphatic carbocycles. The lowest BCUT2D eigenvalue weighted by Crippen LogP contribution is -2.48. The maximum absolute atomic E-state index is 13.4. The molecular formula is C45H55N9O8. The highest BCUT2D eigenvalue weighted by molar-refractivity contribution is 6.23. The summed E-state index contributed by atoms with van der Waals surface area (Å²) in [6, 6.07) is 17.3. The summed E-state index contributed by atoms with van der Waals surface area (Å²) in [5.74, 6) is 4.98. The molecule has 3 amide bonds. The van der Waals surface area contributed by atoms with Crippen LogP contribution in [0.3, 0.4) is 0 Å². The predicted octanol–water partition coefficient (Wildman–Crippen LogP) is 4.81. The second-order valence-electron chi connectivity index (χ2n) is 15.8. The van der Waals surface area contributed by atoms with Gasteiger partial charge >= 0.3 is 0 Å². The minimum absolute atomic E-state index is 0.0442. The Labute approximate surface area is 360 Å². The average Bonchev–Trinajstić information content (AvgIpc) is 3.83. The first-order valence-corrected chi connectivity index (χ1v) is 21.4. The molecule has 17 heteroatoms. The van der Waals surface area contributed by atoms with Crippen molar-refractivity contribution < 1.29 is 37.9 Å². The number of hydrogen-bond donors (Lipinski definition) is 3. The molecule has 4 N–H and O–H groups in total. The highest BCUT2D eigenvalue weighted by atomic mass is 16.5. The number of piperidine rings is 2. The fraction of sp³-hybridized carbons (Fsp3) is 0.467. The highest BCUT2D eigenvalue weighted by Crippen LogP contribution is 2.33. The average molecular weight is 850 g/mol. The van der Waals surface area contributed by atoms with E-state index in [4.69, 9.17) is 30.0 Å². The van der Waals surface area contributed by atoms with E-state index < -0.39 is 23.8 Å². The van der Waals surface area contributed by atoms with Crippen LogP contribution < -0.4 is 15.9 Å². The van der Waals surface area contributed by atoms with Crippen molar-refractivity contribution in [3.05, 3.63) is 82.9 Å². The summed E-state index contributed by atoms with van der Waals surface area (Å²) < 4.78 is 24.4. The highest BCUT2D eigenvalue weighted by Gasteiger charge is 2.43.